The van der Waals surface area contributed by atoms with Crippen molar-refractivity contribution in [3.63, 3.8) is 0 Å². The van der Waals surface area contributed by atoms with Crippen LogP contribution in [0.4, 0.5) is 0 Å². The molecule has 3 aromatic rings. The van der Waals surface area contributed by atoms with Crippen LogP contribution in [0.25, 0.3) is 0 Å². The van der Waals surface area contributed by atoms with Gasteiger partial charge < -0.3 is 24.6 Å². The lowest BCUT2D eigenvalue weighted by atomic mass is 9.85. The highest BCUT2D eigenvalue weighted by atomic mass is 16.5. The Labute approximate surface area is 189 Å². The molecule has 1 fully saturated rings. The first-order valence-corrected chi connectivity index (χ1v) is 11.0. The Kier molecular flexibility index (Phi) is 7.05. The molecule has 168 valence electrons. The van der Waals surface area contributed by atoms with Crippen LogP contribution >= 0.6 is 0 Å². The third-order valence-electron chi connectivity index (χ3n) is 6.11. The van der Waals surface area contributed by atoms with E-state index in [-0.39, 0.29) is 0 Å². The summed E-state index contributed by atoms with van der Waals surface area (Å²) in [5, 5.41) is 21.8. The number of rotatable bonds is 8. The Morgan fingerprint density at radius 3 is 2.34 bits per heavy atom. The minimum atomic E-state index is -0.890. The van der Waals surface area contributed by atoms with E-state index in [1.165, 1.54) is 0 Å². The normalized spacial score (nSPS) is 17.0. The Morgan fingerprint density at radius 2 is 1.72 bits per heavy atom. The maximum absolute atomic E-state index is 11.1. The van der Waals surface area contributed by atoms with Gasteiger partial charge in [-0.1, -0.05) is 42.5 Å². The molecular weight excluding hydrogens is 404 g/mol. The molecule has 0 bridgehead atoms. The molecule has 1 unspecified atom stereocenters. The Balaban J connectivity index is 1.27. The molecule has 1 aromatic heterocycles. The van der Waals surface area contributed by atoms with E-state index < -0.39 is 11.7 Å². The van der Waals surface area contributed by atoms with Gasteiger partial charge in [-0.05, 0) is 42.2 Å². The number of benzene rings is 2. The quantitative estimate of drug-likeness (QED) is 0.563. The second kappa shape index (κ2) is 10.1. The summed E-state index contributed by atoms with van der Waals surface area (Å²) in [5.74, 6) is 1.32. The molecule has 2 N–H and O–H groups in total. The van der Waals surface area contributed by atoms with Gasteiger partial charge in [-0.15, -0.1) is 0 Å². The highest BCUT2D eigenvalue weighted by molar-refractivity contribution is 5.29. The van der Waals surface area contributed by atoms with E-state index in [4.69, 9.17) is 9.47 Å². The van der Waals surface area contributed by atoms with Crippen LogP contribution in [0.5, 0.6) is 11.6 Å². The third-order valence-corrected chi connectivity index (χ3v) is 6.11. The number of piperidine rings is 1. The molecule has 1 aliphatic heterocycles. The van der Waals surface area contributed by atoms with Crippen molar-refractivity contribution in [1.29, 1.82) is 0 Å². The zero-order valence-electron chi connectivity index (χ0n) is 18.4. The molecule has 32 heavy (non-hydrogen) atoms. The summed E-state index contributed by atoms with van der Waals surface area (Å²) in [7, 11) is 1.58. The monoisotopic (exact) mass is 434 g/mol. The topological polar surface area (TPSA) is 75.1 Å². The number of pyridine rings is 1. The second-order valence-corrected chi connectivity index (χ2v) is 8.28. The number of aliphatic hydroxyl groups is 2. The number of hydrogen-bond donors (Lipinski definition) is 2. The first-order chi connectivity index (χ1) is 15.6. The van der Waals surface area contributed by atoms with Crippen molar-refractivity contribution in [1.82, 2.24) is 9.88 Å². The third kappa shape index (κ3) is 5.46. The van der Waals surface area contributed by atoms with Gasteiger partial charge in [0.05, 0.1) is 18.8 Å². The van der Waals surface area contributed by atoms with E-state index in [9.17, 15) is 10.2 Å². The molecule has 6 heteroatoms. The van der Waals surface area contributed by atoms with Gasteiger partial charge in [0.25, 0.3) is 0 Å². The maximum atomic E-state index is 11.1. The van der Waals surface area contributed by atoms with Crippen molar-refractivity contribution in [3.8, 4) is 11.6 Å². The standard InChI is InChI=1S/C26H30N2O4/c1-31-25-12-9-22(17-27-25)26(30)13-15-28(16-14-26)18-24(29)21-7-10-23(11-8-21)32-19-20-5-3-2-4-6-20/h2-12,17,24,29-30H,13-16,18-19H2,1H3. The van der Waals surface area contributed by atoms with Crippen molar-refractivity contribution in [3.05, 3.63) is 89.6 Å². The number of nitrogens with zero attached hydrogens (tertiary/aromatic N) is 2. The van der Waals surface area contributed by atoms with Crippen LogP contribution in [0.2, 0.25) is 0 Å². The summed E-state index contributed by atoms with van der Waals surface area (Å²) in [6.45, 7) is 2.46. The SMILES string of the molecule is COc1ccc(C2(O)CCN(CC(O)c3ccc(OCc4ccccc4)cc3)CC2)cn1. The minimum absolute atomic E-state index is 0.517. The predicted octanol–water partition coefficient (Wildman–Crippen LogP) is 3.69. The molecular formula is C26H30N2O4. The lowest BCUT2D eigenvalue weighted by molar-refractivity contribution is -0.0347. The predicted molar refractivity (Wildman–Crippen MR) is 123 cm³/mol. The molecule has 1 atom stereocenters. The molecule has 0 aliphatic carbocycles. The fraction of sp³-hybridized carbons (Fsp3) is 0.346. The largest absolute Gasteiger partial charge is 0.489 e. The molecule has 2 heterocycles. The number of β-amino-alcohol motifs (C(OH)–C–C–N with tert-alkyl or cyclic N) is 1. The smallest absolute Gasteiger partial charge is 0.212 e. The summed E-state index contributed by atoms with van der Waals surface area (Å²) in [4.78, 5) is 6.41. The van der Waals surface area contributed by atoms with Crippen molar-refractivity contribution < 1.29 is 19.7 Å². The van der Waals surface area contributed by atoms with Gasteiger partial charge in [0.1, 0.15) is 12.4 Å². The Hall–Kier alpha value is -2.93. The van der Waals surface area contributed by atoms with Crippen LogP contribution < -0.4 is 9.47 Å². The Morgan fingerprint density at radius 1 is 1.00 bits per heavy atom. The van der Waals surface area contributed by atoms with Crippen molar-refractivity contribution in [2.45, 2.75) is 31.2 Å². The van der Waals surface area contributed by atoms with Gasteiger partial charge in [0.2, 0.25) is 5.88 Å². The van der Waals surface area contributed by atoms with Crippen molar-refractivity contribution in [2.24, 2.45) is 0 Å². The number of methoxy groups -OCH3 is 1. The number of ether oxygens (including phenoxy) is 2. The van der Waals surface area contributed by atoms with Crippen LogP contribution in [0.1, 0.15) is 35.6 Å². The average Bonchev–Trinajstić information content (AvgIpc) is 2.85. The summed E-state index contributed by atoms with van der Waals surface area (Å²) >= 11 is 0. The number of aliphatic hydroxyl groups excluding tert-OH is 1. The summed E-state index contributed by atoms with van der Waals surface area (Å²) < 4.78 is 10.9. The fourth-order valence-electron chi connectivity index (χ4n) is 4.05. The highest BCUT2D eigenvalue weighted by Crippen LogP contribution is 2.33. The Bertz CT molecular complexity index is 969. The lowest BCUT2D eigenvalue weighted by Gasteiger charge is -2.39. The van der Waals surface area contributed by atoms with E-state index in [0.717, 1.165) is 22.4 Å². The summed E-state index contributed by atoms with van der Waals surface area (Å²) in [6.07, 6.45) is 2.29. The van der Waals surface area contributed by atoms with Gasteiger partial charge in [-0.3, -0.25) is 0 Å². The van der Waals surface area contributed by atoms with Crippen LogP contribution in [0, 0.1) is 0 Å². The van der Waals surface area contributed by atoms with E-state index in [1.54, 1.807) is 19.4 Å². The molecule has 1 aliphatic rings. The zero-order chi connectivity index (χ0) is 22.4. The minimum Gasteiger partial charge on any atom is -0.489 e. The van der Waals surface area contributed by atoms with Crippen LogP contribution in [-0.2, 0) is 12.2 Å². The number of hydrogen-bond acceptors (Lipinski definition) is 6. The van der Waals surface area contributed by atoms with E-state index in [1.807, 2.05) is 60.7 Å². The van der Waals surface area contributed by atoms with E-state index in [2.05, 4.69) is 9.88 Å². The highest BCUT2D eigenvalue weighted by Gasteiger charge is 2.34. The number of aromatic nitrogens is 1. The average molecular weight is 435 g/mol. The van der Waals surface area contributed by atoms with Gasteiger partial charge in [-0.2, -0.15) is 0 Å². The van der Waals surface area contributed by atoms with E-state index in [0.29, 0.717) is 45.0 Å². The van der Waals surface area contributed by atoms with Gasteiger partial charge >= 0.3 is 0 Å². The van der Waals surface area contributed by atoms with Crippen LogP contribution in [-0.4, -0.2) is 46.8 Å². The zero-order valence-corrected chi connectivity index (χ0v) is 18.4. The van der Waals surface area contributed by atoms with Crippen molar-refractivity contribution >= 4 is 0 Å². The van der Waals surface area contributed by atoms with Crippen LogP contribution in [0.3, 0.4) is 0 Å². The summed E-state index contributed by atoms with van der Waals surface area (Å²) in [5.41, 5.74) is 1.90. The van der Waals surface area contributed by atoms with Gasteiger partial charge in [0.15, 0.2) is 0 Å². The number of likely N-dealkylation sites (tertiary alicyclic amines) is 1. The fourth-order valence-corrected chi connectivity index (χ4v) is 4.05. The first kappa shape index (κ1) is 22.3. The van der Waals surface area contributed by atoms with Crippen molar-refractivity contribution in [2.75, 3.05) is 26.7 Å². The van der Waals surface area contributed by atoms with E-state index >= 15 is 0 Å². The molecule has 0 spiro atoms. The molecule has 6 nitrogen and oxygen atoms in total. The molecule has 0 saturated carbocycles. The summed E-state index contributed by atoms with van der Waals surface area (Å²) in [6, 6.07) is 21.3. The molecule has 0 amide bonds. The first-order valence-electron chi connectivity index (χ1n) is 11.0. The molecule has 2 aromatic carbocycles. The second-order valence-electron chi connectivity index (χ2n) is 8.28. The van der Waals surface area contributed by atoms with Crippen LogP contribution in [0.15, 0.2) is 72.9 Å². The van der Waals surface area contributed by atoms with Gasteiger partial charge in [-0.25, -0.2) is 4.98 Å². The molecule has 4 rings (SSSR count). The maximum Gasteiger partial charge on any atom is 0.212 e. The van der Waals surface area contributed by atoms with Gasteiger partial charge in [0, 0.05) is 37.5 Å². The lowest BCUT2D eigenvalue weighted by Crippen LogP contribution is -2.44. The molecule has 1 saturated heterocycles. The molecule has 0 radical (unpaired) electrons.